The molecule has 3 aromatic rings. The highest BCUT2D eigenvalue weighted by molar-refractivity contribution is 8.26. The van der Waals surface area contributed by atoms with Gasteiger partial charge in [0.25, 0.3) is 12.3 Å². The maximum atomic E-state index is 13.4. The summed E-state index contributed by atoms with van der Waals surface area (Å²) in [5.74, 6) is 5.32. The minimum absolute atomic E-state index is 0.00620. The first kappa shape index (κ1) is 24.9. The van der Waals surface area contributed by atoms with Gasteiger partial charge in [-0.05, 0) is 42.7 Å². The molecule has 0 radical (unpaired) electrons. The number of amides is 1. The number of methoxy groups -OCH3 is 1. The standard InChI is InChI=1S/C24H19F2N7O2S/c1-35-20-12-32-18(22(25)26)9-15(20)14-8-17(19-11-29-6-7-30-19)31-10-16(14)23(34)33-24(28)36-21(27)5-4-13-2-3-13/h6-13,22,27H,2-3H2,1H3,(H2,28,33,34). The van der Waals surface area contributed by atoms with Crippen LogP contribution in [-0.2, 0) is 0 Å². The van der Waals surface area contributed by atoms with E-state index in [0.717, 1.165) is 25.1 Å². The molecule has 36 heavy (non-hydrogen) atoms. The number of pyridine rings is 2. The number of nitrogens with zero attached hydrogens (tertiary/aromatic N) is 4. The van der Waals surface area contributed by atoms with Crippen LogP contribution in [0.5, 0.6) is 5.75 Å². The second-order valence-electron chi connectivity index (χ2n) is 7.57. The second-order valence-corrected chi connectivity index (χ2v) is 8.59. The van der Waals surface area contributed by atoms with Gasteiger partial charge in [0.2, 0.25) is 0 Å². The van der Waals surface area contributed by atoms with E-state index in [-0.39, 0.29) is 32.7 Å². The Morgan fingerprint density at radius 2 is 1.92 bits per heavy atom. The highest BCUT2D eigenvalue weighted by Gasteiger charge is 2.22. The molecule has 0 aromatic carbocycles. The van der Waals surface area contributed by atoms with E-state index in [2.05, 4.69) is 37.1 Å². The third kappa shape index (κ3) is 6.05. The molecule has 1 amide bonds. The van der Waals surface area contributed by atoms with E-state index in [0.29, 0.717) is 29.1 Å². The van der Waals surface area contributed by atoms with Crippen molar-refractivity contribution in [3.63, 3.8) is 0 Å². The highest BCUT2D eigenvalue weighted by Crippen LogP contribution is 2.36. The Hall–Kier alpha value is -4.24. The van der Waals surface area contributed by atoms with Crippen LogP contribution in [0.4, 0.5) is 8.78 Å². The van der Waals surface area contributed by atoms with Crippen LogP contribution >= 0.6 is 11.8 Å². The van der Waals surface area contributed by atoms with Crippen molar-refractivity contribution in [1.29, 1.82) is 10.8 Å². The molecule has 0 unspecified atom stereocenters. The van der Waals surface area contributed by atoms with E-state index in [1.165, 1.54) is 38.0 Å². The van der Waals surface area contributed by atoms with Gasteiger partial charge in [-0.25, -0.2) is 8.78 Å². The molecule has 1 saturated carbocycles. The lowest BCUT2D eigenvalue weighted by Crippen LogP contribution is -2.29. The number of amidine groups is 1. The Kier molecular flexibility index (Phi) is 7.60. The van der Waals surface area contributed by atoms with Crippen molar-refractivity contribution >= 4 is 27.9 Å². The molecule has 9 nitrogen and oxygen atoms in total. The van der Waals surface area contributed by atoms with Gasteiger partial charge in [0.05, 0.1) is 30.8 Å². The van der Waals surface area contributed by atoms with Gasteiger partial charge in [0.1, 0.15) is 22.2 Å². The Labute approximate surface area is 209 Å². The summed E-state index contributed by atoms with van der Waals surface area (Å²) in [6.45, 7) is 0. The summed E-state index contributed by atoms with van der Waals surface area (Å²) >= 11 is 0.697. The molecule has 3 aromatic heterocycles. The number of alkyl halides is 2. The number of nitrogens with one attached hydrogen (secondary N) is 3. The molecule has 0 atom stereocenters. The molecule has 182 valence electrons. The fraction of sp³-hybridized carbons (Fsp3) is 0.208. The van der Waals surface area contributed by atoms with Gasteiger partial charge >= 0.3 is 0 Å². The number of carbonyl (C=O) groups is 1. The van der Waals surface area contributed by atoms with Gasteiger partial charge < -0.3 is 10.1 Å². The third-order valence-corrected chi connectivity index (χ3v) is 5.61. The SMILES string of the molecule is COc1cnc(C(F)F)cc1-c1cc(-c2cnccn2)ncc1C(=O)NC(=N)SC(=N)C#CC1CC1. The van der Waals surface area contributed by atoms with Crippen molar-refractivity contribution in [2.75, 3.05) is 7.11 Å². The van der Waals surface area contributed by atoms with Crippen LogP contribution in [-0.4, -0.2) is 43.2 Å². The molecule has 0 spiro atoms. The summed E-state index contributed by atoms with van der Waals surface area (Å²) < 4.78 is 32.2. The van der Waals surface area contributed by atoms with E-state index in [1.54, 1.807) is 0 Å². The molecule has 0 bridgehead atoms. The van der Waals surface area contributed by atoms with E-state index in [9.17, 15) is 13.6 Å². The Morgan fingerprint density at radius 1 is 1.11 bits per heavy atom. The van der Waals surface area contributed by atoms with Crippen LogP contribution in [0.15, 0.2) is 43.1 Å². The van der Waals surface area contributed by atoms with Crippen LogP contribution in [0.1, 0.15) is 35.3 Å². The molecule has 1 fully saturated rings. The monoisotopic (exact) mass is 507 g/mol. The van der Waals surface area contributed by atoms with Crippen LogP contribution < -0.4 is 10.1 Å². The van der Waals surface area contributed by atoms with Gasteiger partial charge in [-0.2, -0.15) is 0 Å². The molecule has 4 rings (SSSR count). The number of hydrogen-bond acceptors (Lipinski definition) is 9. The van der Waals surface area contributed by atoms with Gasteiger partial charge in [-0.3, -0.25) is 35.5 Å². The summed E-state index contributed by atoms with van der Waals surface area (Å²) in [7, 11) is 1.35. The van der Waals surface area contributed by atoms with Gasteiger partial charge in [-0.15, -0.1) is 0 Å². The number of halogens is 2. The number of thioether (sulfide) groups is 1. The number of carbonyl (C=O) groups excluding carboxylic acids is 1. The lowest BCUT2D eigenvalue weighted by atomic mass is 9.98. The van der Waals surface area contributed by atoms with Crippen molar-refractivity contribution in [2.45, 2.75) is 19.3 Å². The lowest BCUT2D eigenvalue weighted by Gasteiger charge is -2.15. The van der Waals surface area contributed by atoms with Crippen molar-refractivity contribution < 1.29 is 18.3 Å². The van der Waals surface area contributed by atoms with Gasteiger partial charge in [0, 0.05) is 35.6 Å². The van der Waals surface area contributed by atoms with Gasteiger partial charge in [0.15, 0.2) is 5.17 Å². The van der Waals surface area contributed by atoms with Crippen LogP contribution in [0.2, 0.25) is 0 Å². The Bertz CT molecular complexity index is 1390. The highest BCUT2D eigenvalue weighted by atomic mass is 32.2. The molecule has 1 aliphatic carbocycles. The van der Waals surface area contributed by atoms with Crippen molar-refractivity contribution in [2.24, 2.45) is 5.92 Å². The molecular formula is C24H19F2N7O2S. The van der Waals surface area contributed by atoms with E-state index < -0.39 is 18.0 Å². The van der Waals surface area contributed by atoms with Crippen molar-refractivity contribution in [1.82, 2.24) is 25.3 Å². The van der Waals surface area contributed by atoms with Crippen molar-refractivity contribution in [3.05, 3.63) is 54.4 Å². The average Bonchev–Trinajstić information content (AvgIpc) is 3.71. The normalized spacial score (nSPS) is 12.4. The Balaban J connectivity index is 1.70. The largest absolute Gasteiger partial charge is 0.494 e. The fourth-order valence-electron chi connectivity index (χ4n) is 3.10. The summed E-state index contributed by atoms with van der Waals surface area (Å²) in [6.07, 6.45) is 6.00. The van der Waals surface area contributed by atoms with Crippen LogP contribution in [0.25, 0.3) is 22.5 Å². The quantitative estimate of drug-likeness (QED) is 0.265. The van der Waals surface area contributed by atoms with Crippen LogP contribution in [0.3, 0.4) is 0 Å². The Morgan fingerprint density at radius 3 is 2.58 bits per heavy atom. The maximum absolute atomic E-state index is 13.4. The van der Waals surface area contributed by atoms with Crippen LogP contribution in [0, 0.1) is 28.6 Å². The third-order valence-electron chi connectivity index (χ3n) is 4.99. The maximum Gasteiger partial charge on any atom is 0.280 e. The molecule has 12 heteroatoms. The fourth-order valence-corrected chi connectivity index (χ4v) is 3.56. The minimum Gasteiger partial charge on any atom is -0.494 e. The molecule has 3 N–H and O–H groups in total. The van der Waals surface area contributed by atoms with E-state index >= 15 is 0 Å². The first-order valence-electron chi connectivity index (χ1n) is 10.6. The zero-order chi connectivity index (χ0) is 25.7. The molecular weight excluding hydrogens is 488 g/mol. The van der Waals surface area contributed by atoms with E-state index in [4.69, 9.17) is 15.6 Å². The summed E-state index contributed by atoms with van der Waals surface area (Å²) in [6, 6.07) is 2.64. The predicted molar refractivity (Wildman–Crippen MR) is 131 cm³/mol. The zero-order valence-electron chi connectivity index (χ0n) is 18.9. The van der Waals surface area contributed by atoms with Crippen molar-refractivity contribution in [3.8, 4) is 40.1 Å². The molecule has 0 aliphatic heterocycles. The smallest absolute Gasteiger partial charge is 0.280 e. The zero-order valence-corrected chi connectivity index (χ0v) is 19.7. The average molecular weight is 508 g/mol. The molecule has 3 heterocycles. The number of ether oxygens (including phenoxy) is 1. The summed E-state index contributed by atoms with van der Waals surface area (Å²) in [5.41, 5.74) is 0.634. The van der Waals surface area contributed by atoms with E-state index in [1.807, 2.05) is 0 Å². The number of hydrogen-bond donors (Lipinski definition) is 3. The lowest BCUT2D eigenvalue weighted by molar-refractivity contribution is 0.0978. The summed E-state index contributed by atoms with van der Waals surface area (Å²) in [4.78, 5) is 29.3. The first-order valence-corrected chi connectivity index (χ1v) is 11.4. The topological polar surface area (TPSA) is 138 Å². The number of aromatic nitrogens is 4. The summed E-state index contributed by atoms with van der Waals surface area (Å²) in [5, 5.41) is 18.0. The first-order chi connectivity index (χ1) is 17.4. The number of rotatable bonds is 5. The second kappa shape index (κ2) is 11.0. The minimum atomic E-state index is -2.85. The molecule has 1 aliphatic rings. The van der Waals surface area contributed by atoms with Gasteiger partial charge in [-0.1, -0.05) is 5.92 Å². The molecule has 0 saturated heterocycles. The predicted octanol–water partition coefficient (Wildman–Crippen LogP) is 4.34.